The zero-order valence-corrected chi connectivity index (χ0v) is 8.90. The smallest absolute Gasteiger partial charge is 0.256 e. The van der Waals surface area contributed by atoms with E-state index in [1.54, 1.807) is 0 Å². The summed E-state index contributed by atoms with van der Waals surface area (Å²) in [5.41, 5.74) is -0.626. The first-order valence-corrected chi connectivity index (χ1v) is 5.80. The van der Waals surface area contributed by atoms with Crippen molar-refractivity contribution in [3.63, 3.8) is 0 Å². The normalized spacial score (nSPS) is 13.2. The minimum absolute atomic E-state index is 0.448. The molecule has 0 aliphatic rings. The molecule has 0 aliphatic carbocycles. The maximum atomic E-state index is 12.7. The van der Waals surface area contributed by atoms with Gasteiger partial charge in [0.15, 0.2) is 5.03 Å². The minimum atomic E-state index is -4.03. The van der Waals surface area contributed by atoms with Gasteiger partial charge in [0, 0.05) is 30.7 Å². The van der Waals surface area contributed by atoms with E-state index >= 15 is 0 Å². The minimum Gasteiger partial charge on any atom is -0.256 e. The van der Waals surface area contributed by atoms with Gasteiger partial charge >= 0.3 is 0 Å². The second kappa shape index (κ2) is 3.16. The van der Waals surface area contributed by atoms with Crippen molar-refractivity contribution in [2.75, 3.05) is 0 Å². The summed E-state index contributed by atoms with van der Waals surface area (Å²) < 4.78 is 48.0. The fourth-order valence-electron chi connectivity index (χ4n) is 0.893. The molecule has 0 amide bonds. The molecule has 0 unspecified atom stereocenters. The molecule has 4 nitrogen and oxygen atoms in total. The van der Waals surface area contributed by atoms with Gasteiger partial charge in [0.25, 0.3) is 15.0 Å². The molecule has 0 saturated heterocycles. The molecule has 1 aromatic heterocycles. The van der Waals surface area contributed by atoms with Crippen molar-refractivity contribution in [3.05, 3.63) is 11.8 Å². The van der Waals surface area contributed by atoms with E-state index in [0.29, 0.717) is 6.92 Å². The molecule has 1 rings (SSSR count). The van der Waals surface area contributed by atoms with Crippen LogP contribution in [-0.4, -0.2) is 18.2 Å². The Balaban J connectivity index is 3.33. The second-order valence-corrected chi connectivity index (χ2v) is 5.33. The zero-order chi connectivity index (χ0) is 11.1. The lowest BCUT2D eigenvalue weighted by molar-refractivity contribution is 0.0122. The standard InChI is InChI=1S/C6H7ClF2N2O2S/c1-6(8,9)4-3-5(11(2)10-4)14(7,12)13/h3H,1-2H3. The summed E-state index contributed by atoms with van der Waals surface area (Å²) in [5, 5.41) is 2.90. The van der Waals surface area contributed by atoms with E-state index in [-0.39, 0.29) is 0 Å². The average molecular weight is 245 g/mol. The molecule has 0 aliphatic heterocycles. The van der Waals surface area contributed by atoms with Crippen LogP contribution in [0.4, 0.5) is 8.78 Å². The molecule has 8 heteroatoms. The third-order valence-electron chi connectivity index (χ3n) is 1.54. The lowest BCUT2D eigenvalue weighted by atomic mass is 10.3. The molecule has 1 heterocycles. The number of aryl methyl sites for hydroxylation is 1. The van der Waals surface area contributed by atoms with Crippen LogP contribution < -0.4 is 0 Å². The highest BCUT2D eigenvalue weighted by molar-refractivity contribution is 8.13. The molecule has 1 aromatic rings. The highest BCUT2D eigenvalue weighted by atomic mass is 35.7. The Morgan fingerprint density at radius 1 is 1.57 bits per heavy atom. The van der Waals surface area contributed by atoms with E-state index in [1.165, 1.54) is 7.05 Å². The first kappa shape index (κ1) is 11.4. The Labute approximate surface area is 83.9 Å². The number of nitrogens with zero attached hydrogens (tertiary/aromatic N) is 2. The lowest BCUT2D eigenvalue weighted by Gasteiger charge is -2.03. The summed E-state index contributed by atoms with van der Waals surface area (Å²) in [5.74, 6) is -3.18. The summed E-state index contributed by atoms with van der Waals surface area (Å²) >= 11 is 0. The summed E-state index contributed by atoms with van der Waals surface area (Å²) in [6.45, 7) is 0.625. The molecular weight excluding hydrogens is 238 g/mol. The lowest BCUT2D eigenvalue weighted by Crippen LogP contribution is -2.08. The second-order valence-electron chi connectivity index (χ2n) is 2.82. The van der Waals surface area contributed by atoms with Crippen LogP contribution >= 0.6 is 10.7 Å². The SMILES string of the molecule is Cn1nc(C(C)(F)F)cc1S(=O)(=O)Cl. The number of rotatable bonds is 2. The fraction of sp³-hybridized carbons (Fsp3) is 0.500. The summed E-state index contributed by atoms with van der Waals surface area (Å²) in [6.07, 6.45) is 0. The Morgan fingerprint density at radius 3 is 2.29 bits per heavy atom. The van der Waals surface area contributed by atoms with Crippen LogP contribution in [0.3, 0.4) is 0 Å². The van der Waals surface area contributed by atoms with Crippen LogP contribution in [0.5, 0.6) is 0 Å². The number of alkyl halides is 2. The van der Waals surface area contributed by atoms with Gasteiger partial charge in [-0.1, -0.05) is 0 Å². The Hall–Kier alpha value is -0.690. The topological polar surface area (TPSA) is 52.0 Å². The van der Waals surface area contributed by atoms with Gasteiger partial charge in [-0.2, -0.15) is 13.9 Å². The zero-order valence-electron chi connectivity index (χ0n) is 7.33. The molecule has 80 valence electrons. The summed E-state index contributed by atoms with van der Waals surface area (Å²) in [7, 11) is 2.19. The maximum Gasteiger partial charge on any atom is 0.288 e. The number of halogens is 3. The van der Waals surface area contributed by atoms with E-state index in [9.17, 15) is 17.2 Å². The molecule has 0 fully saturated rings. The fourth-order valence-corrected chi connectivity index (χ4v) is 1.93. The monoisotopic (exact) mass is 244 g/mol. The van der Waals surface area contributed by atoms with Crippen LogP contribution in [0, 0.1) is 0 Å². The number of hydrogen-bond donors (Lipinski definition) is 0. The quantitative estimate of drug-likeness (QED) is 0.740. The number of aromatic nitrogens is 2. The van der Waals surface area contributed by atoms with Crippen LogP contribution in [0.25, 0.3) is 0 Å². The van der Waals surface area contributed by atoms with Crippen molar-refractivity contribution in [2.45, 2.75) is 17.9 Å². The molecule has 0 spiro atoms. The highest BCUT2D eigenvalue weighted by Crippen LogP contribution is 2.28. The maximum absolute atomic E-state index is 12.7. The third kappa shape index (κ3) is 2.21. The van der Waals surface area contributed by atoms with Gasteiger partial charge < -0.3 is 0 Å². The van der Waals surface area contributed by atoms with E-state index < -0.39 is 25.7 Å². The summed E-state index contributed by atoms with van der Waals surface area (Å²) in [4.78, 5) is 0. The van der Waals surface area contributed by atoms with E-state index in [4.69, 9.17) is 10.7 Å². The van der Waals surface area contributed by atoms with Gasteiger partial charge in [-0.05, 0) is 0 Å². The molecule has 0 aromatic carbocycles. The highest BCUT2D eigenvalue weighted by Gasteiger charge is 2.30. The molecule has 0 saturated carbocycles. The van der Waals surface area contributed by atoms with Crippen molar-refractivity contribution in [2.24, 2.45) is 7.05 Å². The van der Waals surface area contributed by atoms with Crippen LogP contribution in [-0.2, 0) is 22.0 Å². The van der Waals surface area contributed by atoms with Crippen LogP contribution in [0.1, 0.15) is 12.6 Å². The predicted octanol–water partition coefficient (Wildman–Crippen LogP) is 1.46. The first-order valence-electron chi connectivity index (χ1n) is 3.49. The average Bonchev–Trinajstić information content (AvgIpc) is 2.27. The number of hydrogen-bond acceptors (Lipinski definition) is 3. The Morgan fingerprint density at radius 2 is 2.07 bits per heavy atom. The molecule has 0 bridgehead atoms. The van der Waals surface area contributed by atoms with Crippen molar-refractivity contribution in [1.82, 2.24) is 9.78 Å². The van der Waals surface area contributed by atoms with Crippen molar-refractivity contribution in [1.29, 1.82) is 0 Å². The van der Waals surface area contributed by atoms with Gasteiger partial charge in [0.1, 0.15) is 5.69 Å². The van der Waals surface area contributed by atoms with Crippen molar-refractivity contribution >= 4 is 19.7 Å². The first-order chi connectivity index (χ1) is 6.12. The van der Waals surface area contributed by atoms with Crippen molar-refractivity contribution < 1.29 is 17.2 Å². The van der Waals surface area contributed by atoms with E-state index in [0.717, 1.165) is 10.7 Å². The van der Waals surface area contributed by atoms with Gasteiger partial charge in [-0.3, -0.25) is 4.68 Å². The van der Waals surface area contributed by atoms with Gasteiger partial charge in [0.2, 0.25) is 0 Å². The molecule has 0 N–H and O–H groups in total. The molecule has 14 heavy (non-hydrogen) atoms. The molecular formula is C6H7ClF2N2O2S. The van der Waals surface area contributed by atoms with Gasteiger partial charge in [-0.25, -0.2) is 8.42 Å². The van der Waals surface area contributed by atoms with Crippen LogP contribution in [0.2, 0.25) is 0 Å². The van der Waals surface area contributed by atoms with Crippen molar-refractivity contribution in [3.8, 4) is 0 Å². The largest absolute Gasteiger partial charge is 0.288 e. The van der Waals surface area contributed by atoms with Crippen LogP contribution in [0.15, 0.2) is 11.1 Å². The molecule has 0 radical (unpaired) electrons. The molecule has 0 atom stereocenters. The third-order valence-corrected chi connectivity index (χ3v) is 2.89. The Kier molecular flexibility index (Phi) is 2.57. The van der Waals surface area contributed by atoms with E-state index in [1.807, 2.05) is 0 Å². The Bertz CT molecular complexity index is 449. The predicted molar refractivity (Wildman–Crippen MR) is 45.8 cm³/mol. The summed E-state index contributed by atoms with van der Waals surface area (Å²) in [6, 6.07) is 0.752. The van der Waals surface area contributed by atoms with Gasteiger partial charge in [-0.15, -0.1) is 0 Å². The van der Waals surface area contributed by atoms with Gasteiger partial charge in [0.05, 0.1) is 0 Å². The van der Waals surface area contributed by atoms with E-state index in [2.05, 4.69) is 5.10 Å².